The second-order valence-electron chi connectivity index (χ2n) is 6.81. The van der Waals surface area contributed by atoms with Crippen LogP contribution in [0.4, 0.5) is 4.39 Å². The average molecular weight is 386 g/mol. The number of aryl methyl sites for hydroxylation is 1. The van der Waals surface area contributed by atoms with E-state index in [1.165, 1.54) is 23.5 Å². The molecule has 6 nitrogen and oxygen atoms in total. The van der Waals surface area contributed by atoms with Gasteiger partial charge in [0.2, 0.25) is 11.8 Å². The van der Waals surface area contributed by atoms with Gasteiger partial charge in [-0.25, -0.2) is 9.37 Å². The third-order valence-corrected chi connectivity index (χ3v) is 5.70. The molecule has 0 saturated heterocycles. The average Bonchev–Trinajstić information content (AvgIpc) is 3.36. The van der Waals surface area contributed by atoms with Crippen LogP contribution < -0.4 is 5.32 Å². The van der Waals surface area contributed by atoms with E-state index in [-0.39, 0.29) is 18.1 Å². The van der Waals surface area contributed by atoms with Gasteiger partial charge in [0.15, 0.2) is 5.82 Å². The molecule has 0 spiro atoms. The second kappa shape index (κ2) is 7.19. The summed E-state index contributed by atoms with van der Waals surface area (Å²) < 4.78 is 18.5. The van der Waals surface area contributed by atoms with Gasteiger partial charge in [0.05, 0.1) is 12.1 Å². The number of carbonyl (C=O) groups excluding carboxylic acids is 1. The Kier molecular flexibility index (Phi) is 4.73. The van der Waals surface area contributed by atoms with Crippen molar-refractivity contribution < 1.29 is 13.7 Å². The summed E-state index contributed by atoms with van der Waals surface area (Å²) in [6, 6.07) is 6.29. The molecule has 0 radical (unpaired) electrons. The smallest absolute Gasteiger partial charge is 0.226 e. The predicted octanol–water partition coefficient (Wildman–Crippen LogP) is 3.77. The Labute approximate surface area is 159 Å². The van der Waals surface area contributed by atoms with Crippen LogP contribution in [0, 0.1) is 12.7 Å². The second-order valence-corrected chi connectivity index (χ2v) is 7.66. The first kappa shape index (κ1) is 17.8. The lowest BCUT2D eigenvalue weighted by molar-refractivity contribution is -0.122. The van der Waals surface area contributed by atoms with Crippen molar-refractivity contribution >= 4 is 17.2 Å². The van der Waals surface area contributed by atoms with Crippen LogP contribution in [0.5, 0.6) is 0 Å². The van der Waals surface area contributed by atoms with Crippen molar-refractivity contribution in [2.24, 2.45) is 0 Å². The summed E-state index contributed by atoms with van der Waals surface area (Å²) in [5, 5.41) is 9.67. The van der Waals surface area contributed by atoms with Crippen molar-refractivity contribution in [3.63, 3.8) is 0 Å². The summed E-state index contributed by atoms with van der Waals surface area (Å²) in [5.74, 6) is 0.602. The van der Waals surface area contributed by atoms with Crippen LogP contribution in [0.2, 0.25) is 0 Å². The van der Waals surface area contributed by atoms with Gasteiger partial charge in [-0.2, -0.15) is 4.98 Å². The molecule has 0 aliphatic heterocycles. The Hall–Kier alpha value is -2.61. The number of nitrogens with one attached hydrogen (secondary N) is 1. The van der Waals surface area contributed by atoms with Gasteiger partial charge in [-0.3, -0.25) is 4.79 Å². The molecule has 1 aliphatic rings. The highest BCUT2D eigenvalue weighted by Gasteiger charge is 2.41. The molecule has 2 heterocycles. The van der Waals surface area contributed by atoms with E-state index in [1.54, 1.807) is 19.1 Å². The van der Waals surface area contributed by atoms with E-state index in [1.807, 2.05) is 5.38 Å². The maximum atomic E-state index is 13.4. The molecule has 1 N–H and O–H groups in total. The number of amides is 1. The molecule has 1 amide bonds. The number of hydrogen-bond donors (Lipinski definition) is 1. The molecular formula is C19H19FN4O2S. The van der Waals surface area contributed by atoms with E-state index in [0.29, 0.717) is 28.0 Å². The lowest BCUT2D eigenvalue weighted by atomic mass is 9.96. The summed E-state index contributed by atoms with van der Waals surface area (Å²) >= 11 is 1.40. The summed E-state index contributed by atoms with van der Waals surface area (Å²) in [6.07, 6.45) is 3.76. The third kappa shape index (κ3) is 3.75. The minimum atomic E-state index is -0.559. The van der Waals surface area contributed by atoms with Gasteiger partial charge >= 0.3 is 0 Å². The standard InChI is InChI=1S/C19H19FN4O2S/c1-12-21-18(24-26-12)19(7-2-3-8-19)23-16(25)10-15-11-27-17(22-15)13-5-4-6-14(20)9-13/h4-6,9,11H,2-3,7-8,10H2,1H3,(H,23,25). The first-order chi connectivity index (χ1) is 13.0. The van der Waals surface area contributed by atoms with Crippen LogP contribution in [0.3, 0.4) is 0 Å². The number of hydrogen-bond acceptors (Lipinski definition) is 6. The van der Waals surface area contributed by atoms with Crippen molar-refractivity contribution in [3.8, 4) is 10.6 Å². The molecule has 1 aliphatic carbocycles. The van der Waals surface area contributed by atoms with E-state index in [2.05, 4.69) is 20.4 Å². The third-order valence-electron chi connectivity index (χ3n) is 4.76. The highest BCUT2D eigenvalue weighted by Crippen LogP contribution is 2.37. The van der Waals surface area contributed by atoms with Crippen LogP contribution >= 0.6 is 11.3 Å². The lowest BCUT2D eigenvalue weighted by Gasteiger charge is -2.26. The summed E-state index contributed by atoms with van der Waals surface area (Å²) in [5.41, 5.74) is 0.811. The fraction of sp³-hybridized carbons (Fsp3) is 0.368. The maximum absolute atomic E-state index is 13.4. The quantitative estimate of drug-likeness (QED) is 0.722. The van der Waals surface area contributed by atoms with Gasteiger partial charge in [0.1, 0.15) is 16.4 Å². The number of benzene rings is 1. The van der Waals surface area contributed by atoms with Crippen LogP contribution in [0.1, 0.15) is 43.1 Å². The number of halogens is 1. The molecule has 8 heteroatoms. The number of aromatic nitrogens is 3. The lowest BCUT2D eigenvalue weighted by Crippen LogP contribution is -2.45. The van der Waals surface area contributed by atoms with Crippen molar-refractivity contribution in [2.45, 2.75) is 44.6 Å². The normalized spacial score (nSPS) is 15.8. The molecular weight excluding hydrogens is 367 g/mol. The topological polar surface area (TPSA) is 80.9 Å². The zero-order valence-electron chi connectivity index (χ0n) is 14.9. The summed E-state index contributed by atoms with van der Waals surface area (Å²) in [6.45, 7) is 1.74. The van der Waals surface area contributed by atoms with Crippen LogP contribution in [-0.2, 0) is 16.8 Å². The van der Waals surface area contributed by atoms with Gasteiger partial charge in [0, 0.05) is 17.9 Å². The molecule has 140 valence electrons. The Balaban J connectivity index is 1.48. The predicted molar refractivity (Wildman–Crippen MR) is 98.5 cm³/mol. The minimum Gasteiger partial charge on any atom is -0.343 e. The molecule has 2 aromatic heterocycles. The van der Waals surface area contributed by atoms with Gasteiger partial charge in [-0.1, -0.05) is 30.1 Å². The fourth-order valence-corrected chi connectivity index (χ4v) is 4.31. The van der Waals surface area contributed by atoms with E-state index in [0.717, 1.165) is 25.7 Å². The Morgan fingerprint density at radius 1 is 1.33 bits per heavy atom. The van der Waals surface area contributed by atoms with Crippen LogP contribution in [0.15, 0.2) is 34.2 Å². The van der Waals surface area contributed by atoms with Crippen molar-refractivity contribution in [3.05, 3.63) is 52.9 Å². The SMILES string of the molecule is Cc1nc(C2(NC(=O)Cc3csc(-c4cccc(F)c4)n3)CCCC2)no1. The number of rotatable bonds is 5. The van der Waals surface area contributed by atoms with E-state index < -0.39 is 5.54 Å². The van der Waals surface area contributed by atoms with Gasteiger partial charge < -0.3 is 9.84 Å². The fourth-order valence-electron chi connectivity index (χ4n) is 3.49. The monoisotopic (exact) mass is 386 g/mol. The largest absolute Gasteiger partial charge is 0.343 e. The van der Waals surface area contributed by atoms with Gasteiger partial charge in [-0.15, -0.1) is 11.3 Å². The maximum Gasteiger partial charge on any atom is 0.226 e. The molecule has 1 aromatic carbocycles. The first-order valence-corrected chi connectivity index (χ1v) is 9.74. The molecule has 27 heavy (non-hydrogen) atoms. The van der Waals surface area contributed by atoms with E-state index in [4.69, 9.17) is 4.52 Å². The van der Waals surface area contributed by atoms with Gasteiger partial charge in [0.25, 0.3) is 0 Å². The number of carbonyl (C=O) groups is 1. The molecule has 0 unspecified atom stereocenters. The Morgan fingerprint density at radius 2 is 2.15 bits per heavy atom. The van der Waals surface area contributed by atoms with Crippen molar-refractivity contribution in [1.29, 1.82) is 0 Å². The zero-order valence-corrected chi connectivity index (χ0v) is 15.7. The molecule has 3 aromatic rings. The molecule has 0 bridgehead atoms. The Bertz CT molecular complexity index is 962. The Morgan fingerprint density at radius 3 is 2.85 bits per heavy atom. The summed E-state index contributed by atoms with van der Waals surface area (Å²) in [4.78, 5) is 21.5. The minimum absolute atomic E-state index is 0.129. The highest BCUT2D eigenvalue weighted by molar-refractivity contribution is 7.13. The molecule has 0 atom stereocenters. The number of thiazole rings is 1. The van der Waals surface area contributed by atoms with Crippen molar-refractivity contribution in [2.75, 3.05) is 0 Å². The van der Waals surface area contributed by atoms with Crippen LogP contribution in [0.25, 0.3) is 10.6 Å². The van der Waals surface area contributed by atoms with Gasteiger partial charge in [-0.05, 0) is 25.0 Å². The van der Waals surface area contributed by atoms with Crippen LogP contribution in [-0.4, -0.2) is 21.0 Å². The molecule has 1 saturated carbocycles. The van der Waals surface area contributed by atoms with Crippen molar-refractivity contribution in [1.82, 2.24) is 20.4 Å². The summed E-state index contributed by atoms with van der Waals surface area (Å²) in [7, 11) is 0. The first-order valence-electron chi connectivity index (χ1n) is 8.86. The highest BCUT2D eigenvalue weighted by atomic mass is 32.1. The zero-order chi connectivity index (χ0) is 18.9. The van der Waals surface area contributed by atoms with E-state index in [9.17, 15) is 9.18 Å². The van der Waals surface area contributed by atoms with E-state index >= 15 is 0 Å². The molecule has 1 fully saturated rings. The number of nitrogens with zero attached hydrogens (tertiary/aromatic N) is 3. The molecule has 4 rings (SSSR count).